The van der Waals surface area contributed by atoms with Gasteiger partial charge in [-0.3, -0.25) is 5.32 Å². The van der Waals surface area contributed by atoms with E-state index in [1.54, 1.807) is 41.2 Å². The van der Waals surface area contributed by atoms with Crippen molar-refractivity contribution < 1.29 is 13.9 Å². The number of allylic oxidation sites excluding steroid dienone is 4. The summed E-state index contributed by atoms with van der Waals surface area (Å²) in [6.07, 6.45) is 6.53. The minimum Gasteiger partial charge on any atom is -0.453 e. The Bertz CT molecular complexity index is 1150. The van der Waals surface area contributed by atoms with E-state index in [-0.39, 0.29) is 35.6 Å². The Labute approximate surface area is 170 Å². The number of hydrogen-bond acceptors (Lipinski definition) is 8. The van der Waals surface area contributed by atoms with Crippen LogP contribution in [-0.4, -0.2) is 44.1 Å². The van der Waals surface area contributed by atoms with E-state index in [0.29, 0.717) is 16.7 Å². The van der Waals surface area contributed by atoms with E-state index in [2.05, 4.69) is 30.1 Å². The van der Waals surface area contributed by atoms with Gasteiger partial charge in [0.1, 0.15) is 17.6 Å². The number of hydrogen-bond donors (Lipinski definition) is 3. The van der Waals surface area contributed by atoms with Crippen molar-refractivity contribution in [2.24, 2.45) is 5.92 Å². The largest absolute Gasteiger partial charge is 0.453 e. The molecule has 0 aromatic carbocycles. The second-order valence-electron chi connectivity index (χ2n) is 6.59. The lowest BCUT2D eigenvalue weighted by Crippen LogP contribution is -2.20. The number of carbonyl (C=O) groups excluding carboxylic acids is 1. The van der Waals surface area contributed by atoms with E-state index in [0.717, 1.165) is 0 Å². The number of anilines is 3. The smallest absolute Gasteiger partial charge is 0.411 e. The lowest BCUT2D eigenvalue weighted by atomic mass is 9.99. The summed E-state index contributed by atoms with van der Waals surface area (Å²) in [4.78, 5) is 24.3. The van der Waals surface area contributed by atoms with E-state index in [9.17, 15) is 9.18 Å². The lowest BCUT2D eigenvalue weighted by molar-refractivity contribution is 0.187. The number of nitrogens with one attached hydrogen (secondary N) is 1. The van der Waals surface area contributed by atoms with Crippen molar-refractivity contribution in [1.82, 2.24) is 24.7 Å². The SMILES string of the molecule is COC(=O)Nc1c(N)nc(-c2nn(CC3C=CC=CC3F)c3ncccc23)nc1N. The van der Waals surface area contributed by atoms with E-state index >= 15 is 0 Å². The molecule has 0 fully saturated rings. The van der Waals surface area contributed by atoms with E-state index in [1.807, 2.05) is 0 Å². The third-order valence-electron chi connectivity index (χ3n) is 4.65. The van der Waals surface area contributed by atoms with Crippen LogP contribution in [0.25, 0.3) is 22.6 Å². The van der Waals surface area contributed by atoms with Crippen molar-refractivity contribution >= 4 is 34.4 Å². The molecule has 4 rings (SSSR count). The van der Waals surface area contributed by atoms with Gasteiger partial charge in [0.15, 0.2) is 23.1 Å². The average molecular weight is 410 g/mol. The van der Waals surface area contributed by atoms with Gasteiger partial charge < -0.3 is 16.2 Å². The number of rotatable bonds is 4. The molecule has 1 aliphatic rings. The molecule has 0 saturated heterocycles. The number of nitrogens with zero attached hydrogens (tertiary/aromatic N) is 5. The number of nitrogen functional groups attached to an aromatic ring is 2. The Kier molecular flexibility index (Phi) is 5.00. The van der Waals surface area contributed by atoms with Crippen LogP contribution in [-0.2, 0) is 11.3 Å². The molecule has 11 heteroatoms. The van der Waals surface area contributed by atoms with E-state index in [4.69, 9.17) is 11.5 Å². The molecule has 1 amide bonds. The summed E-state index contributed by atoms with van der Waals surface area (Å²) in [5, 5.41) is 7.60. The fourth-order valence-electron chi connectivity index (χ4n) is 3.17. The maximum atomic E-state index is 14.2. The normalized spacial score (nSPS) is 17.9. The molecule has 3 heterocycles. The third kappa shape index (κ3) is 3.52. The van der Waals surface area contributed by atoms with Crippen LogP contribution < -0.4 is 16.8 Å². The first kappa shape index (κ1) is 19.3. The number of fused-ring (bicyclic) bond motifs is 1. The molecule has 5 N–H and O–H groups in total. The standard InChI is InChI=1S/C19H19FN8O2/c1-30-19(29)24-14-15(21)25-17(26-16(14)22)13-11-6-4-8-23-18(11)28(27-13)9-10-5-2-3-7-12(10)20/h2-8,10,12H,9H2,1H3,(H,24,29)(H4,21,22,25,26). The molecule has 3 aromatic rings. The molecular weight excluding hydrogens is 391 g/mol. The molecule has 30 heavy (non-hydrogen) atoms. The van der Waals surface area contributed by atoms with Crippen LogP contribution in [0.4, 0.5) is 26.5 Å². The van der Waals surface area contributed by atoms with Gasteiger partial charge in [-0.25, -0.2) is 28.8 Å². The first-order valence-electron chi connectivity index (χ1n) is 9.07. The fraction of sp³-hybridized carbons (Fsp3) is 0.211. The lowest BCUT2D eigenvalue weighted by Gasteiger charge is -2.17. The van der Waals surface area contributed by atoms with Crippen LogP contribution in [0.3, 0.4) is 0 Å². The molecule has 0 bridgehead atoms. The molecular formula is C19H19FN8O2. The molecule has 0 aliphatic heterocycles. The summed E-state index contributed by atoms with van der Waals surface area (Å²) in [7, 11) is 1.21. The second kappa shape index (κ2) is 7.78. The highest BCUT2D eigenvalue weighted by Gasteiger charge is 2.23. The number of carbonyl (C=O) groups is 1. The minimum atomic E-state index is -1.12. The van der Waals surface area contributed by atoms with Crippen LogP contribution >= 0.6 is 0 Å². The zero-order valence-electron chi connectivity index (χ0n) is 16.0. The molecule has 10 nitrogen and oxygen atoms in total. The number of nitrogens with two attached hydrogens (primary N) is 2. The molecule has 1 aliphatic carbocycles. The summed E-state index contributed by atoms with van der Waals surface area (Å²) < 4.78 is 20.4. The van der Waals surface area contributed by atoms with Crippen LogP contribution in [0, 0.1) is 5.92 Å². The number of amides is 1. The maximum Gasteiger partial charge on any atom is 0.411 e. The van der Waals surface area contributed by atoms with Crippen molar-refractivity contribution in [2.75, 3.05) is 23.9 Å². The summed E-state index contributed by atoms with van der Waals surface area (Å²) in [6.45, 7) is 0.280. The van der Waals surface area contributed by atoms with Crippen molar-refractivity contribution in [3.05, 3.63) is 42.6 Å². The Morgan fingerprint density at radius 1 is 1.27 bits per heavy atom. The van der Waals surface area contributed by atoms with Crippen molar-refractivity contribution in [3.8, 4) is 11.5 Å². The zero-order chi connectivity index (χ0) is 21.3. The van der Waals surface area contributed by atoms with Crippen LogP contribution in [0.5, 0.6) is 0 Å². The number of methoxy groups -OCH3 is 1. The Hall–Kier alpha value is -4.02. The highest BCUT2D eigenvalue weighted by molar-refractivity contribution is 5.94. The van der Waals surface area contributed by atoms with Gasteiger partial charge in [-0.15, -0.1) is 0 Å². The van der Waals surface area contributed by atoms with E-state index in [1.165, 1.54) is 13.2 Å². The Morgan fingerprint density at radius 2 is 2.00 bits per heavy atom. The summed E-state index contributed by atoms with van der Waals surface area (Å²) in [6, 6.07) is 3.56. The van der Waals surface area contributed by atoms with Crippen LogP contribution in [0.15, 0.2) is 42.6 Å². The topological polar surface area (TPSA) is 147 Å². The third-order valence-corrected chi connectivity index (χ3v) is 4.65. The second-order valence-corrected chi connectivity index (χ2v) is 6.59. The number of pyridine rings is 1. The highest BCUT2D eigenvalue weighted by Crippen LogP contribution is 2.30. The van der Waals surface area contributed by atoms with Crippen LogP contribution in [0.2, 0.25) is 0 Å². The molecule has 0 radical (unpaired) electrons. The minimum absolute atomic E-state index is 0.0429. The van der Waals surface area contributed by atoms with Gasteiger partial charge in [-0.1, -0.05) is 24.3 Å². The Morgan fingerprint density at radius 3 is 2.70 bits per heavy atom. The van der Waals surface area contributed by atoms with Gasteiger partial charge in [0.25, 0.3) is 0 Å². The van der Waals surface area contributed by atoms with Crippen molar-refractivity contribution in [2.45, 2.75) is 12.7 Å². The van der Waals surface area contributed by atoms with Gasteiger partial charge in [0, 0.05) is 12.1 Å². The van der Waals surface area contributed by atoms with Gasteiger partial charge in [-0.2, -0.15) is 5.10 Å². The summed E-state index contributed by atoms with van der Waals surface area (Å²) in [5.74, 6) is -0.305. The van der Waals surface area contributed by atoms with Gasteiger partial charge in [0.2, 0.25) is 0 Å². The number of ether oxygens (including phenoxy) is 1. The Balaban J connectivity index is 1.75. The number of halogens is 1. The average Bonchev–Trinajstić information content (AvgIpc) is 3.10. The first-order chi connectivity index (χ1) is 14.5. The number of aromatic nitrogens is 5. The predicted molar refractivity (Wildman–Crippen MR) is 110 cm³/mol. The molecule has 2 unspecified atom stereocenters. The first-order valence-corrected chi connectivity index (χ1v) is 9.07. The zero-order valence-corrected chi connectivity index (χ0v) is 16.0. The maximum absolute atomic E-state index is 14.2. The van der Waals surface area contributed by atoms with Crippen molar-refractivity contribution in [3.63, 3.8) is 0 Å². The molecule has 2 atom stereocenters. The predicted octanol–water partition coefficient (Wildman–Crippen LogP) is 2.31. The quantitative estimate of drug-likeness (QED) is 0.594. The highest BCUT2D eigenvalue weighted by atomic mass is 19.1. The molecule has 154 valence electrons. The molecule has 0 saturated carbocycles. The molecule has 3 aromatic heterocycles. The van der Waals surface area contributed by atoms with Gasteiger partial charge >= 0.3 is 6.09 Å². The summed E-state index contributed by atoms with van der Waals surface area (Å²) in [5.41, 5.74) is 12.9. The summed E-state index contributed by atoms with van der Waals surface area (Å²) >= 11 is 0. The number of alkyl halides is 1. The van der Waals surface area contributed by atoms with Crippen LogP contribution in [0.1, 0.15) is 0 Å². The monoisotopic (exact) mass is 410 g/mol. The van der Waals surface area contributed by atoms with Gasteiger partial charge in [-0.05, 0) is 12.1 Å². The molecule has 0 spiro atoms. The van der Waals surface area contributed by atoms with E-state index < -0.39 is 12.3 Å². The van der Waals surface area contributed by atoms with Gasteiger partial charge in [0.05, 0.1) is 19.0 Å². The van der Waals surface area contributed by atoms with Crippen molar-refractivity contribution in [1.29, 1.82) is 0 Å². The fourth-order valence-corrected chi connectivity index (χ4v) is 3.17.